The van der Waals surface area contributed by atoms with E-state index < -0.39 is 8.56 Å². The molecule has 2 N–H and O–H groups in total. The van der Waals surface area contributed by atoms with Crippen molar-refractivity contribution in [3.05, 3.63) is 12.2 Å². The lowest BCUT2D eigenvalue weighted by Crippen LogP contribution is -2.37. The predicted octanol–water partition coefficient (Wildman–Crippen LogP) is 1.33. The third-order valence-corrected chi connectivity index (χ3v) is 6.24. The molecular weight excluding hydrogens is 288 g/mol. The van der Waals surface area contributed by atoms with E-state index in [1.807, 2.05) is 6.55 Å². The standard InChI is InChI=1S/C14H28N2O4Si/c1-12(2)14(18)16-9-6-8-13(17)15-10-7-11-21(5,19-3)20-4/h1,6-11H2,2-5H3,(H,15,17)(H,16,18). The minimum atomic E-state index is -2.03. The van der Waals surface area contributed by atoms with Gasteiger partial charge in [-0.2, -0.15) is 0 Å². The molecule has 0 saturated carbocycles. The van der Waals surface area contributed by atoms with Gasteiger partial charge in [0.2, 0.25) is 11.8 Å². The lowest BCUT2D eigenvalue weighted by atomic mass is 10.2. The van der Waals surface area contributed by atoms with Crippen LogP contribution in [0.4, 0.5) is 0 Å². The Labute approximate surface area is 128 Å². The summed E-state index contributed by atoms with van der Waals surface area (Å²) in [6.45, 7) is 8.30. The number of nitrogens with one attached hydrogen (secondary N) is 2. The molecule has 0 heterocycles. The average molecular weight is 316 g/mol. The minimum absolute atomic E-state index is 0.00206. The van der Waals surface area contributed by atoms with Crippen LogP contribution in [0.3, 0.4) is 0 Å². The number of hydrogen-bond acceptors (Lipinski definition) is 4. The minimum Gasteiger partial charge on any atom is -0.398 e. The Hall–Kier alpha value is -1.18. The van der Waals surface area contributed by atoms with Gasteiger partial charge in [0.15, 0.2) is 0 Å². The summed E-state index contributed by atoms with van der Waals surface area (Å²) >= 11 is 0. The molecule has 0 aliphatic rings. The summed E-state index contributed by atoms with van der Waals surface area (Å²) in [7, 11) is 1.29. The number of amides is 2. The molecule has 0 aliphatic carbocycles. The zero-order valence-corrected chi connectivity index (χ0v) is 14.6. The topological polar surface area (TPSA) is 76.7 Å². The molecule has 0 fully saturated rings. The van der Waals surface area contributed by atoms with Crippen molar-refractivity contribution in [2.75, 3.05) is 27.3 Å². The zero-order chi connectivity index (χ0) is 16.3. The van der Waals surface area contributed by atoms with Crippen LogP contribution in [0.5, 0.6) is 0 Å². The van der Waals surface area contributed by atoms with Crippen molar-refractivity contribution in [2.24, 2.45) is 0 Å². The van der Waals surface area contributed by atoms with E-state index in [0.717, 1.165) is 12.5 Å². The Balaban J connectivity index is 3.64. The van der Waals surface area contributed by atoms with E-state index in [1.165, 1.54) is 0 Å². The van der Waals surface area contributed by atoms with Gasteiger partial charge in [-0.1, -0.05) is 6.58 Å². The summed E-state index contributed by atoms with van der Waals surface area (Å²) in [6.07, 6.45) is 1.86. The van der Waals surface area contributed by atoms with E-state index in [1.54, 1.807) is 21.1 Å². The molecule has 0 rings (SSSR count). The van der Waals surface area contributed by atoms with Crippen LogP contribution in [-0.2, 0) is 18.4 Å². The molecular formula is C14H28N2O4Si. The largest absolute Gasteiger partial charge is 0.398 e. The Morgan fingerprint density at radius 1 is 1.10 bits per heavy atom. The van der Waals surface area contributed by atoms with E-state index in [0.29, 0.717) is 31.5 Å². The molecule has 21 heavy (non-hydrogen) atoms. The summed E-state index contributed by atoms with van der Waals surface area (Å²) in [5.74, 6) is -0.170. The lowest BCUT2D eigenvalue weighted by molar-refractivity contribution is -0.121. The van der Waals surface area contributed by atoms with Crippen LogP contribution in [0, 0.1) is 0 Å². The van der Waals surface area contributed by atoms with Gasteiger partial charge in [0.25, 0.3) is 0 Å². The van der Waals surface area contributed by atoms with Crippen LogP contribution in [0.2, 0.25) is 12.6 Å². The highest BCUT2D eigenvalue weighted by molar-refractivity contribution is 6.65. The molecule has 122 valence electrons. The van der Waals surface area contributed by atoms with Gasteiger partial charge in [0, 0.05) is 39.3 Å². The zero-order valence-electron chi connectivity index (χ0n) is 13.6. The van der Waals surface area contributed by atoms with Gasteiger partial charge in [-0.15, -0.1) is 0 Å². The Morgan fingerprint density at radius 3 is 2.19 bits per heavy atom. The highest BCUT2D eigenvalue weighted by Gasteiger charge is 2.27. The van der Waals surface area contributed by atoms with Crippen LogP contribution in [-0.4, -0.2) is 47.7 Å². The molecule has 0 aliphatic heterocycles. The molecule has 6 nitrogen and oxygen atoms in total. The Kier molecular flexibility index (Phi) is 9.94. The highest BCUT2D eigenvalue weighted by Crippen LogP contribution is 2.12. The third-order valence-electron chi connectivity index (χ3n) is 3.25. The number of hydrogen-bond donors (Lipinski definition) is 2. The quantitative estimate of drug-likeness (QED) is 0.342. The Bertz CT molecular complexity index is 357. The number of carbonyl (C=O) groups is 2. The number of carbonyl (C=O) groups excluding carboxylic acids is 2. The van der Waals surface area contributed by atoms with E-state index in [2.05, 4.69) is 17.2 Å². The van der Waals surface area contributed by atoms with Gasteiger partial charge >= 0.3 is 8.56 Å². The molecule has 0 bridgehead atoms. The van der Waals surface area contributed by atoms with Crippen LogP contribution in [0.1, 0.15) is 26.2 Å². The maximum atomic E-state index is 11.6. The molecule has 0 unspecified atom stereocenters. The van der Waals surface area contributed by atoms with Gasteiger partial charge in [-0.3, -0.25) is 9.59 Å². The van der Waals surface area contributed by atoms with Gasteiger partial charge in [0.05, 0.1) is 0 Å². The highest BCUT2D eigenvalue weighted by atomic mass is 28.4. The van der Waals surface area contributed by atoms with Crippen molar-refractivity contribution in [2.45, 2.75) is 38.8 Å². The predicted molar refractivity (Wildman–Crippen MR) is 85.1 cm³/mol. The van der Waals surface area contributed by atoms with Crippen molar-refractivity contribution in [3.63, 3.8) is 0 Å². The molecule has 0 atom stereocenters. The molecule has 2 amide bonds. The van der Waals surface area contributed by atoms with Crippen molar-refractivity contribution in [1.29, 1.82) is 0 Å². The van der Waals surface area contributed by atoms with E-state index in [4.69, 9.17) is 8.85 Å². The molecule has 0 radical (unpaired) electrons. The molecule has 0 aromatic rings. The SMILES string of the molecule is C=C(C)C(=O)NCCCC(=O)NCCC[Si](C)(OC)OC. The first-order chi connectivity index (χ1) is 9.84. The molecule has 7 heteroatoms. The van der Waals surface area contributed by atoms with Crippen molar-refractivity contribution >= 4 is 20.4 Å². The summed E-state index contributed by atoms with van der Waals surface area (Å²) in [4.78, 5) is 22.8. The second kappa shape index (κ2) is 10.5. The van der Waals surface area contributed by atoms with Gasteiger partial charge in [0.1, 0.15) is 0 Å². The summed E-state index contributed by atoms with van der Waals surface area (Å²) in [6, 6.07) is 0.842. The van der Waals surface area contributed by atoms with Crippen LogP contribution >= 0.6 is 0 Å². The van der Waals surface area contributed by atoms with Crippen LogP contribution in [0.25, 0.3) is 0 Å². The van der Waals surface area contributed by atoms with Crippen molar-refractivity contribution in [1.82, 2.24) is 10.6 Å². The first-order valence-corrected chi connectivity index (χ1v) is 9.67. The fraction of sp³-hybridized carbons (Fsp3) is 0.714. The second-order valence-corrected chi connectivity index (χ2v) is 8.72. The Morgan fingerprint density at radius 2 is 1.67 bits per heavy atom. The summed E-state index contributed by atoms with van der Waals surface area (Å²) < 4.78 is 10.7. The second-order valence-electron chi connectivity index (χ2n) is 5.14. The molecule has 0 saturated heterocycles. The van der Waals surface area contributed by atoms with Crippen molar-refractivity contribution in [3.8, 4) is 0 Å². The maximum absolute atomic E-state index is 11.6. The average Bonchev–Trinajstić information content (AvgIpc) is 2.47. The van der Waals surface area contributed by atoms with Gasteiger partial charge < -0.3 is 19.5 Å². The van der Waals surface area contributed by atoms with Gasteiger partial charge in [-0.25, -0.2) is 0 Å². The first kappa shape index (κ1) is 19.8. The third kappa shape index (κ3) is 9.38. The van der Waals surface area contributed by atoms with Crippen LogP contribution < -0.4 is 10.6 Å². The molecule has 0 aromatic heterocycles. The normalized spacial score (nSPS) is 11.0. The maximum Gasteiger partial charge on any atom is 0.334 e. The number of rotatable bonds is 11. The van der Waals surface area contributed by atoms with Crippen molar-refractivity contribution < 1.29 is 18.4 Å². The lowest BCUT2D eigenvalue weighted by Gasteiger charge is -2.22. The van der Waals surface area contributed by atoms with Gasteiger partial charge in [-0.05, 0) is 32.4 Å². The monoisotopic (exact) mass is 316 g/mol. The molecule has 0 aromatic carbocycles. The molecule has 0 spiro atoms. The summed E-state index contributed by atoms with van der Waals surface area (Å²) in [5, 5.41) is 5.55. The van der Waals surface area contributed by atoms with E-state index in [9.17, 15) is 9.59 Å². The summed E-state index contributed by atoms with van der Waals surface area (Å²) in [5.41, 5.74) is 0.475. The smallest absolute Gasteiger partial charge is 0.334 e. The first-order valence-electron chi connectivity index (χ1n) is 7.15. The fourth-order valence-corrected chi connectivity index (χ4v) is 3.01. The fourth-order valence-electron chi connectivity index (χ4n) is 1.61. The van der Waals surface area contributed by atoms with Crippen LogP contribution in [0.15, 0.2) is 12.2 Å². The van der Waals surface area contributed by atoms with E-state index >= 15 is 0 Å². The van der Waals surface area contributed by atoms with E-state index in [-0.39, 0.29) is 11.8 Å².